The molecule has 20 heavy (non-hydrogen) atoms. The summed E-state index contributed by atoms with van der Waals surface area (Å²) < 4.78 is 1.83. The first-order valence-electron chi connectivity index (χ1n) is 7.13. The zero-order valence-corrected chi connectivity index (χ0v) is 13.0. The molecule has 6 nitrogen and oxygen atoms in total. The SMILES string of the molecule is Cc1nn(C)c(N2CCN(CCN(C)C)CC2)c1C=O. The molecule has 2 rings (SSSR count). The molecule has 112 valence electrons. The standard InChI is InChI=1S/C14H25N5O/c1-12-13(11-20)14(17(4)15-12)19-9-7-18(8-10-19)6-5-16(2)3/h11H,5-10H2,1-4H3. The van der Waals surface area contributed by atoms with Crippen molar-refractivity contribution in [3.05, 3.63) is 11.3 Å². The molecule has 0 amide bonds. The molecule has 0 aromatic carbocycles. The van der Waals surface area contributed by atoms with Gasteiger partial charge in [0.15, 0.2) is 6.29 Å². The molecule has 1 aromatic rings. The number of anilines is 1. The summed E-state index contributed by atoms with van der Waals surface area (Å²) in [7, 11) is 6.11. The number of nitrogens with zero attached hydrogens (tertiary/aromatic N) is 5. The molecule has 0 bridgehead atoms. The van der Waals surface area contributed by atoms with Gasteiger partial charge in [-0.05, 0) is 21.0 Å². The lowest BCUT2D eigenvalue weighted by Crippen LogP contribution is -2.48. The van der Waals surface area contributed by atoms with E-state index in [1.807, 2.05) is 18.7 Å². The number of piperazine rings is 1. The van der Waals surface area contributed by atoms with Crippen molar-refractivity contribution in [2.75, 3.05) is 58.3 Å². The predicted octanol–water partition coefficient (Wildman–Crippen LogP) is 0.225. The summed E-state index contributed by atoms with van der Waals surface area (Å²) in [4.78, 5) is 18.2. The van der Waals surface area contributed by atoms with E-state index in [9.17, 15) is 4.79 Å². The van der Waals surface area contributed by atoms with Gasteiger partial charge < -0.3 is 9.80 Å². The van der Waals surface area contributed by atoms with Crippen LogP contribution in [-0.2, 0) is 7.05 Å². The monoisotopic (exact) mass is 279 g/mol. The van der Waals surface area contributed by atoms with Crippen LogP contribution >= 0.6 is 0 Å². The fourth-order valence-electron chi connectivity index (χ4n) is 2.70. The maximum absolute atomic E-state index is 11.2. The van der Waals surface area contributed by atoms with Crippen molar-refractivity contribution < 1.29 is 4.79 Å². The van der Waals surface area contributed by atoms with Crippen molar-refractivity contribution in [2.45, 2.75) is 6.92 Å². The first kappa shape index (κ1) is 15.0. The van der Waals surface area contributed by atoms with Crippen molar-refractivity contribution in [3.8, 4) is 0 Å². The van der Waals surface area contributed by atoms with Gasteiger partial charge in [-0.15, -0.1) is 0 Å². The molecule has 1 aromatic heterocycles. The second kappa shape index (κ2) is 6.37. The first-order chi connectivity index (χ1) is 9.52. The van der Waals surface area contributed by atoms with Crippen LogP contribution in [-0.4, -0.2) is 79.2 Å². The lowest BCUT2D eigenvalue weighted by atomic mass is 10.2. The van der Waals surface area contributed by atoms with Crippen LogP contribution in [0.3, 0.4) is 0 Å². The Kier molecular flexibility index (Phi) is 4.77. The molecular weight excluding hydrogens is 254 g/mol. The molecule has 0 saturated carbocycles. The van der Waals surface area contributed by atoms with Gasteiger partial charge in [0.1, 0.15) is 5.82 Å². The van der Waals surface area contributed by atoms with Crippen LogP contribution in [0, 0.1) is 6.92 Å². The van der Waals surface area contributed by atoms with Crippen molar-refractivity contribution in [1.29, 1.82) is 0 Å². The third-order valence-electron chi connectivity index (χ3n) is 3.89. The molecule has 6 heteroatoms. The third kappa shape index (κ3) is 3.19. The zero-order chi connectivity index (χ0) is 14.7. The molecule has 0 atom stereocenters. The van der Waals surface area contributed by atoms with E-state index in [0.717, 1.165) is 62.6 Å². The quantitative estimate of drug-likeness (QED) is 0.722. The number of rotatable bonds is 5. The highest BCUT2D eigenvalue weighted by Gasteiger charge is 2.23. The van der Waals surface area contributed by atoms with E-state index >= 15 is 0 Å². The van der Waals surface area contributed by atoms with Crippen LogP contribution in [0.2, 0.25) is 0 Å². The van der Waals surface area contributed by atoms with Gasteiger partial charge in [-0.2, -0.15) is 5.10 Å². The minimum Gasteiger partial charge on any atom is -0.354 e. The number of likely N-dealkylation sites (N-methyl/N-ethyl adjacent to an activating group) is 1. The van der Waals surface area contributed by atoms with Crippen LogP contribution in [0.25, 0.3) is 0 Å². The zero-order valence-electron chi connectivity index (χ0n) is 13.0. The maximum Gasteiger partial charge on any atom is 0.155 e. The van der Waals surface area contributed by atoms with Crippen molar-refractivity contribution in [1.82, 2.24) is 19.6 Å². The highest BCUT2D eigenvalue weighted by Crippen LogP contribution is 2.22. The summed E-state index contributed by atoms with van der Waals surface area (Å²) in [6.07, 6.45) is 0.927. The lowest BCUT2D eigenvalue weighted by Gasteiger charge is -2.36. The largest absolute Gasteiger partial charge is 0.354 e. The van der Waals surface area contributed by atoms with Crippen LogP contribution in [0.15, 0.2) is 0 Å². The number of aldehydes is 1. The summed E-state index contributed by atoms with van der Waals surface area (Å²) in [5.74, 6) is 0.963. The highest BCUT2D eigenvalue weighted by atomic mass is 16.1. The van der Waals surface area contributed by atoms with Crippen LogP contribution in [0.4, 0.5) is 5.82 Å². The Morgan fingerprint density at radius 3 is 2.45 bits per heavy atom. The lowest BCUT2D eigenvalue weighted by molar-refractivity contribution is 0.112. The number of hydrogen-bond donors (Lipinski definition) is 0. The van der Waals surface area contributed by atoms with Crippen molar-refractivity contribution in [2.24, 2.45) is 7.05 Å². The average Bonchev–Trinajstić information content (AvgIpc) is 2.71. The Bertz CT molecular complexity index is 460. The molecule has 1 saturated heterocycles. The molecular formula is C14H25N5O. The van der Waals surface area contributed by atoms with E-state index < -0.39 is 0 Å². The van der Waals surface area contributed by atoms with E-state index in [-0.39, 0.29) is 0 Å². The molecule has 0 aliphatic carbocycles. The van der Waals surface area contributed by atoms with E-state index in [0.29, 0.717) is 0 Å². The van der Waals surface area contributed by atoms with E-state index in [1.54, 1.807) is 0 Å². The van der Waals surface area contributed by atoms with Crippen LogP contribution in [0.1, 0.15) is 16.1 Å². The van der Waals surface area contributed by atoms with Gasteiger partial charge in [0.25, 0.3) is 0 Å². The highest BCUT2D eigenvalue weighted by molar-refractivity contribution is 5.84. The van der Waals surface area contributed by atoms with Gasteiger partial charge in [-0.1, -0.05) is 0 Å². The maximum atomic E-state index is 11.2. The van der Waals surface area contributed by atoms with Gasteiger partial charge in [-0.3, -0.25) is 14.4 Å². The van der Waals surface area contributed by atoms with E-state index in [2.05, 4.69) is 33.9 Å². The topological polar surface area (TPSA) is 44.6 Å². The summed E-state index contributed by atoms with van der Waals surface area (Å²) in [6.45, 7) is 8.06. The van der Waals surface area contributed by atoms with Gasteiger partial charge in [-0.25, -0.2) is 0 Å². The average molecular weight is 279 g/mol. The minimum atomic E-state index is 0.731. The van der Waals surface area contributed by atoms with E-state index in [4.69, 9.17) is 0 Å². The fraction of sp³-hybridized carbons (Fsp3) is 0.714. The Labute approximate surface area is 120 Å². The van der Waals surface area contributed by atoms with Gasteiger partial charge in [0.05, 0.1) is 11.3 Å². The molecule has 1 aliphatic heterocycles. The Hall–Kier alpha value is -1.40. The fourth-order valence-corrected chi connectivity index (χ4v) is 2.70. The number of hydrogen-bond acceptors (Lipinski definition) is 5. The summed E-state index contributed by atoms with van der Waals surface area (Å²) >= 11 is 0. The Morgan fingerprint density at radius 1 is 1.25 bits per heavy atom. The molecule has 0 radical (unpaired) electrons. The molecule has 0 spiro atoms. The normalized spacial score (nSPS) is 16.9. The Balaban J connectivity index is 1.99. The third-order valence-corrected chi connectivity index (χ3v) is 3.89. The number of aromatic nitrogens is 2. The minimum absolute atomic E-state index is 0.731. The van der Waals surface area contributed by atoms with Crippen molar-refractivity contribution in [3.63, 3.8) is 0 Å². The number of carbonyl (C=O) groups excluding carboxylic acids is 1. The molecule has 1 aliphatic rings. The second-order valence-electron chi connectivity index (χ2n) is 5.70. The molecule has 0 N–H and O–H groups in total. The van der Waals surface area contributed by atoms with Crippen LogP contribution < -0.4 is 4.90 Å². The van der Waals surface area contributed by atoms with Gasteiger partial charge in [0, 0.05) is 46.3 Å². The van der Waals surface area contributed by atoms with Gasteiger partial charge >= 0.3 is 0 Å². The van der Waals surface area contributed by atoms with E-state index in [1.165, 1.54) is 0 Å². The number of carbonyl (C=O) groups is 1. The number of aryl methyl sites for hydroxylation is 2. The van der Waals surface area contributed by atoms with Crippen LogP contribution in [0.5, 0.6) is 0 Å². The first-order valence-corrected chi connectivity index (χ1v) is 7.13. The Morgan fingerprint density at radius 2 is 1.90 bits per heavy atom. The van der Waals surface area contributed by atoms with Crippen molar-refractivity contribution >= 4 is 12.1 Å². The predicted molar refractivity (Wildman–Crippen MR) is 80.5 cm³/mol. The smallest absolute Gasteiger partial charge is 0.155 e. The second-order valence-corrected chi connectivity index (χ2v) is 5.70. The summed E-state index contributed by atoms with van der Waals surface area (Å²) in [5, 5.41) is 4.36. The molecule has 1 fully saturated rings. The summed E-state index contributed by atoms with van der Waals surface area (Å²) in [5.41, 5.74) is 1.54. The van der Waals surface area contributed by atoms with Gasteiger partial charge in [0.2, 0.25) is 0 Å². The molecule has 2 heterocycles. The molecule has 0 unspecified atom stereocenters. The summed E-state index contributed by atoms with van der Waals surface area (Å²) in [6, 6.07) is 0.